The summed E-state index contributed by atoms with van der Waals surface area (Å²) < 4.78 is 11.4. The Labute approximate surface area is 266 Å². The predicted molar refractivity (Wildman–Crippen MR) is 178 cm³/mol. The molecule has 0 N–H and O–H groups in total. The molecule has 0 bridgehead atoms. The van der Waals surface area contributed by atoms with Gasteiger partial charge in [0, 0.05) is 18.7 Å². The van der Waals surface area contributed by atoms with Crippen LogP contribution in [0.1, 0.15) is 111 Å². The van der Waals surface area contributed by atoms with E-state index in [1.54, 1.807) is 0 Å². The predicted octanol–water partition coefficient (Wildman–Crippen LogP) is 8.46. The van der Waals surface area contributed by atoms with Crippen molar-refractivity contribution in [3.05, 3.63) is 69.2 Å². The highest BCUT2D eigenvalue weighted by Gasteiger charge is 2.34. The summed E-state index contributed by atoms with van der Waals surface area (Å²) in [6.45, 7) is 15.6. The Hall–Kier alpha value is -1.92. The van der Waals surface area contributed by atoms with Crippen molar-refractivity contribution < 1.29 is 14.3 Å². The van der Waals surface area contributed by atoms with E-state index >= 15 is 0 Å². The fourth-order valence-corrected chi connectivity index (χ4v) is 7.78. The van der Waals surface area contributed by atoms with Crippen LogP contribution in [0.15, 0.2) is 36.4 Å². The average molecular weight is 611 g/mol. The molecule has 0 spiro atoms. The van der Waals surface area contributed by atoms with Gasteiger partial charge in [0.2, 0.25) is 0 Å². The van der Waals surface area contributed by atoms with E-state index in [-0.39, 0.29) is 5.97 Å². The number of halogens is 1. The number of ether oxygens (including phenoxy) is 2. The van der Waals surface area contributed by atoms with Crippen LogP contribution in [-0.4, -0.2) is 68.8 Å². The molecular formula is C37H55ClN2O3. The zero-order chi connectivity index (χ0) is 31.1. The summed E-state index contributed by atoms with van der Waals surface area (Å²) in [7, 11) is 3.92. The zero-order valence-corrected chi connectivity index (χ0v) is 28.5. The monoisotopic (exact) mass is 610 g/mol. The minimum absolute atomic E-state index is 0.155. The van der Waals surface area contributed by atoms with E-state index in [0.29, 0.717) is 30.0 Å². The molecule has 43 heavy (non-hydrogen) atoms. The number of carbonyl (C=O) groups is 1. The summed E-state index contributed by atoms with van der Waals surface area (Å²) in [5.74, 6) is 0.630. The highest BCUT2D eigenvalue weighted by atomic mass is 35.5. The Kier molecular flexibility index (Phi) is 12.2. The van der Waals surface area contributed by atoms with Crippen LogP contribution in [0, 0.1) is 19.3 Å². The number of benzene rings is 2. The maximum absolute atomic E-state index is 13.7. The van der Waals surface area contributed by atoms with Gasteiger partial charge in [-0.25, -0.2) is 4.79 Å². The zero-order valence-electron chi connectivity index (χ0n) is 27.8. The summed E-state index contributed by atoms with van der Waals surface area (Å²) >= 11 is 6.53. The molecule has 0 radical (unpaired) electrons. The van der Waals surface area contributed by atoms with Crippen LogP contribution in [0.3, 0.4) is 0 Å². The third-order valence-corrected chi connectivity index (χ3v) is 10.3. The number of nitrogens with zero attached hydrogens (tertiary/aromatic N) is 2. The topological polar surface area (TPSA) is 42.0 Å². The average Bonchev–Trinajstić information content (AvgIpc) is 3.33. The van der Waals surface area contributed by atoms with E-state index < -0.39 is 6.04 Å². The van der Waals surface area contributed by atoms with Gasteiger partial charge in [0.25, 0.3) is 0 Å². The minimum atomic E-state index is -0.435. The second-order valence-corrected chi connectivity index (χ2v) is 14.3. The first kappa shape index (κ1) is 34.0. The van der Waals surface area contributed by atoms with Gasteiger partial charge in [-0.15, -0.1) is 0 Å². The van der Waals surface area contributed by atoms with Crippen molar-refractivity contribution in [2.24, 2.45) is 5.41 Å². The summed E-state index contributed by atoms with van der Waals surface area (Å²) in [6, 6.07) is 12.3. The lowest BCUT2D eigenvalue weighted by molar-refractivity contribution is -0.149. The number of likely N-dealkylation sites (tertiary alicyclic amines) is 1. The van der Waals surface area contributed by atoms with Crippen molar-refractivity contribution in [3.63, 3.8) is 0 Å². The van der Waals surface area contributed by atoms with Gasteiger partial charge in [-0.1, -0.05) is 49.7 Å². The Morgan fingerprint density at radius 3 is 2.47 bits per heavy atom. The van der Waals surface area contributed by atoms with Crippen LogP contribution < -0.4 is 0 Å². The number of aryl methyl sites for hydroxylation is 2. The number of rotatable bonds is 13. The van der Waals surface area contributed by atoms with Gasteiger partial charge >= 0.3 is 5.97 Å². The maximum Gasteiger partial charge on any atom is 0.328 e. The maximum atomic E-state index is 13.7. The first-order valence-electron chi connectivity index (χ1n) is 16.5. The number of likely N-dealkylation sites (N-methyl/N-ethyl adjacent to an activating group) is 1. The van der Waals surface area contributed by atoms with Crippen LogP contribution in [0.5, 0.6) is 0 Å². The second-order valence-electron chi connectivity index (χ2n) is 13.9. The van der Waals surface area contributed by atoms with Crippen molar-refractivity contribution in [3.8, 4) is 0 Å². The first-order valence-corrected chi connectivity index (χ1v) is 16.9. The van der Waals surface area contributed by atoms with Crippen molar-refractivity contribution in [2.75, 3.05) is 46.9 Å². The molecule has 5 nitrogen and oxygen atoms in total. The van der Waals surface area contributed by atoms with Gasteiger partial charge in [-0.2, -0.15) is 0 Å². The van der Waals surface area contributed by atoms with Crippen LogP contribution in [-0.2, 0) is 14.3 Å². The molecule has 1 unspecified atom stereocenters. The molecule has 1 saturated carbocycles. The van der Waals surface area contributed by atoms with Crippen molar-refractivity contribution in [1.82, 2.24) is 9.80 Å². The number of carbonyl (C=O) groups excluding carboxylic acids is 1. The smallest absolute Gasteiger partial charge is 0.328 e. The summed E-state index contributed by atoms with van der Waals surface area (Å²) in [4.78, 5) is 18.6. The highest BCUT2D eigenvalue weighted by molar-refractivity contribution is 6.30. The second kappa shape index (κ2) is 15.4. The molecule has 2 aliphatic rings. The molecule has 2 aromatic carbocycles. The van der Waals surface area contributed by atoms with Gasteiger partial charge in [0.15, 0.2) is 0 Å². The largest absolute Gasteiger partial charge is 0.465 e. The van der Waals surface area contributed by atoms with Gasteiger partial charge in [-0.3, -0.25) is 4.90 Å². The number of esters is 1. The molecule has 0 amide bonds. The Morgan fingerprint density at radius 2 is 1.81 bits per heavy atom. The summed E-state index contributed by atoms with van der Waals surface area (Å²) in [6.07, 6.45) is 7.90. The minimum Gasteiger partial charge on any atom is -0.465 e. The quantitative estimate of drug-likeness (QED) is 0.213. The molecule has 1 aliphatic carbocycles. The standard InChI is InChI=1S/C37H55ClN2O3/c1-8-43-36(41)35(32-11-9-10-27(3)34(32)29-13-16-31(42-7)17-14-29)39(6)21-18-28(33-24-30(38)15-12-26(33)2)19-22-40-23-20-37(4,5)25-40/h9-12,15,24,28-29,31,35H,8,13-14,16-23,25H2,1-7H3/t28-,29?,31?,35?/m1/s1. The molecule has 238 valence electrons. The molecule has 1 saturated heterocycles. The van der Waals surface area contributed by atoms with Gasteiger partial charge in [0.05, 0.1) is 12.7 Å². The molecule has 0 aromatic heterocycles. The molecule has 4 rings (SSSR count). The molecule has 2 fully saturated rings. The third kappa shape index (κ3) is 8.84. The van der Waals surface area contributed by atoms with E-state index in [0.717, 1.165) is 68.7 Å². The molecule has 2 atom stereocenters. The molecule has 1 aliphatic heterocycles. The SMILES string of the molecule is CCOC(=O)C(c1cccc(C)c1C1CCC(OC)CC1)N(C)CC[C@H](CCN1CCC(C)(C)C1)c1cc(Cl)ccc1C. The Bertz CT molecular complexity index is 1210. The number of methoxy groups -OCH3 is 1. The van der Waals surface area contributed by atoms with Crippen LogP contribution in [0.2, 0.25) is 5.02 Å². The third-order valence-electron chi connectivity index (χ3n) is 10.1. The van der Waals surface area contributed by atoms with Gasteiger partial charge < -0.3 is 14.4 Å². The summed E-state index contributed by atoms with van der Waals surface area (Å²) in [5, 5.41) is 0.790. The normalized spacial score (nSPS) is 22.1. The highest BCUT2D eigenvalue weighted by Crippen LogP contribution is 2.41. The van der Waals surface area contributed by atoms with E-state index in [2.05, 4.69) is 74.9 Å². The van der Waals surface area contributed by atoms with Gasteiger partial charge in [-0.05, 0) is 150 Å². The van der Waals surface area contributed by atoms with Crippen molar-refractivity contribution >= 4 is 17.6 Å². The molecule has 1 heterocycles. The van der Waals surface area contributed by atoms with E-state index in [9.17, 15) is 4.79 Å². The van der Waals surface area contributed by atoms with Crippen molar-refractivity contribution in [2.45, 2.75) is 104 Å². The fraction of sp³-hybridized carbons (Fsp3) is 0.649. The number of hydrogen-bond acceptors (Lipinski definition) is 5. The molecule has 6 heteroatoms. The van der Waals surface area contributed by atoms with E-state index in [4.69, 9.17) is 21.1 Å². The van der Waals surface area contributed by atoms with Gasteiger partial charge in [0.1, 0.15) is 6.04 Å². The fourth-order valence-electron chi connectivity index (χ4n) is 7.60. The van der Waals surface area contributed by atoms with E-state index in [1.165, 1.54) is 35.2 Å². The Morgan fingerprint density at radius 1 is 1.07 bits per heavy atom. The number of hydrogen-bond donors (Lipinski definition) is 0. The van der Waals surface area contributed by atoms with Crippen LogP contribution in [0.25, 0.3) is 0 Å². The van der Waals surface area contributed by atoms with Crippen LogP contribution >= 0.6 is 11.6 Å². The lowest BCUT2D eigenvalue weighted by atomic mass is 9.77. The lowest BCUT2D eigenvalue weighted by Gasteiger charge is -2.34. The lowest BCUT2D eigenvalue weighted by Crippen LogP contribution is -2.35. The van der Waals surface area contributed by atoms with E-state index in [1.807, 2.05) is 20.1 Å². The van der Waals surface area contributed by atoms with Crippen molar-refractivity contribution in [1.29, 1.82) is 0 Å². The molecule has 2 aromatic rings. The Balaban J connectivity index is 1.58. The molecular weight excluding hydrogens is 556 g/mol. The first-order chi connectivity index (χ1) is 20.5. The van der Waals surface area contributed by atoms with Crippen LogP contribution in [0.4, 0.5) is 0 Å². The summed E-state index contributed by atoms with van der Waals surface area (Å²) in [5.41, 5.74) is 6.72.